The van der Waals surface area contributed by atoms with Crippen molar-refractivity contribution in [1.29, 1.82) is 0 Å². The smallest absolute Gasteiger partial charge is 0.291 e. The van der Waals surface area contributed by atoms with Crippen molar-refractivity contribution in [2.24, 2.45) is 0 Å². The molecule has 0 aliphatic carbocycles. The van der Waals surface area contributed by atoms with Gasteiger partial charge in [-0.05, 0) is 47.5 Å². The van der Waals surface area contributed by atoms with Crippen LogP contribution < -0.4 is 5.43 Å². The molecule has 0 N–H and O–H groups in total. The summed E-state index contributed by atoms with van der Waals surface area (Å²) >= 11 is 0. The van der Waals surface area contributed by atoms with Crippen molar-refractivity contribution in [1.82, 2.24) is 9.88 Å². The molecule has 0 spiro atoms. The topological polar surface area (TPSA) is 63.4 Å². The number of pyridine rings is 1. The Labute approximate surface area is 169 Å². The van der Waals surface area contributed by atoms with Crippen molar-refractivity contribution in [3.63, 3.8) is 0 Å². The van der Waals surface area contributed by atoms with Crippen LogP contribution in [0, 0.1) is 11.6 Å². The number of fused-ring (bicyclic) bond motifs is 2. The lowest BCUT2D eigenvalue weighted by Gasteiger charge is -2.25. The molecule has 1 aliphatic heterocycles. The largest absolute Gasteiger partial charge is 0.450 e. The fourth-order valence-corrected chi connectivity index (χ4v) is 3.87. The maximum Gasteiger partial charge on any atom is 0.291 e. The standard InChI is InChI=1S/C23H14F2N2O3/c24-15-5-1-4-14(9-15)20-19-21(28)17-10-16(25)6-7-18(17)30-22(19)23(29)27(20)12-13-3-2-8-26-11-13/h1-11,20H,12H2. The first-order valence-corrected chi connectivity index (χ1v) is 9.24. The van der Waals surface area contributed by atoms with Crippen LogP contribution in [-0.4, -0.2) is 15.8 Å². The lowest BCUT2D eigenvalue weighted by Crippen LogP contribution is -2.29. The molecule has 0 bridgehead atoms. The van der Waals surface area contributed by atoms with E-state index in [0.29, 0.717) is 5.56 Å². The third-order valence-electron chi connectivity index (χ3n) is 5.17. The molecule has 0 radical (unpaired) electrons. The second-order valence-corrected chi connectivity index (χ2v) is 7.07. The monoisotopic (exact) mass is 404 g/mol. The van der Waals surface area contributed by atoms with Crippen molar-refractivity contribution in [3.8, 4) is 0 Å². The van der Waals surface area contributed by atoms with Gasteiger partial charge >= 0.3 is 0 Å². The molecule has 30 heavy (non-hydrogen) atoms. The van der Waals surface area contributed by atoms with Gasteiger partial charge in [0, 0.05) is 18.9 Å². The van der Waals surface area contributed by atoms with Gasteiger partial charge in [0.05, 0.1) is 17.0 Å². The number of nitrogens with zero attached hydrogens (tertiary/aromatic N) is 2. The lowest BCUT2D eigenvalue weighted by atomic mass is 9.98. The van der Waals surface area contributed by atoms with E-state index in [9.17, 15) is 18.4 Å². The van der Waals surface area contributed by atoms with Gasteiger partial charge in [0.1, 0.15) is 17.2 Å². The van der Waals surface area contributed by atoms with Crippen LogP contribution in [0.15, 0.2) is 76.2 Å². The van der Waals surface area contributed by atoms with E-state index in [0.717, 1.165) is 17.7 Å². The molecule has 0 fully saturated rings. The average molecular weight is 404 g/mol. The molecule has 1 amide bonds. The van der Waals surface area contributed by atoms with Crippen LogP contribution in [-0.2, 0) is 6.54 Å². The van der Waals surface area contributed by atoms with Gasteiger partial charge in [-0.3, -0.25) is 14.6 Å². The van der Waals surface area contributed by atoms with Crippen molar-refractivity contribution >= 4 is 16.9 Å². The van der Waals surface area contributed by atoms with E-state index in [-0.39, 0.29) is 28.8 Å². The molecule has 0 saturated carbocycles. The predicted molar refractivity (Wildman–Crippen MR) is 105 cm³/mol. The van der Waals surface area contributed by atoms with E-state index < -0.39 is 29.0 Å². The van der Waals surface area contributed by atoms with Crippen LogP contribution in [0.25, 0.3) is 11.0 Å². The van der Waals surface area contributed by atoms with E-state index in [1.807, 2.05) is 0 Å². The van der Waals surface area contributed by atoms with Gasteiger partial charge in [-0.15, -0.1) is 0 Å². The molecule has 148 valence electrons. The molecule has 2 aromatic carbocycles. The highest BCUT2D eigenvalue weighted by molar-refractivity contribution is 5.99. The molecular formula is C23H14F2N2O3. The molecule has 5 rings (SSSR count). The SMILES string of the molecule is O=C1c2oc3ccc(F)cc3c(=O)c2C(c2cccc(F)c2)N1Cc1cccnc1. The fraction of sp³-hybridized carbons (Fsp3) is 0.0870. The first-order valence-electron chi connectivity index (χ1n) is 9.24. The summed E-state index contributed by atoms with van der Waals surface area (Å²) in [5.74, 6) is -1.69. The number of carbonyl (C=O) groups excluding carboxylic acids is 1. The van der Waals surface area contributed by atoms with Crippen LogP contribution in [0.4, 0.5) is 8.78 Å². The Hall–Kier alpha value is -3.87. The van der Waals surface area contributed by atoms with E-state index in [1.54, 1.807) is 30.6 Å². The second-order valence-electron chi connectivity index (χ2n) is 7.07. The summed E-state index contributed by atoms with van der Waals surface area (Å²) in [6.07, 6.45) is 3.22. The van der Waals surface area contributed by atoms with Crippen LogP contribution in [0.5, 0.6) is 0 Å². The van der Waals surface area contributed by atoms with Crippen molar-refractivity contribution < 1.29 is 18.0 Å². The molecule has 7 heteroatoms. The van der Waals surface area contributed by atoms with Gasteiger partial charge in [0.15, 0.2) is 5.43 Å². The number of carbonyl (C=O) groups is 1. The van der Waals surface area contributed by atoms with Crippen molar-refractivity contribution in [2.45, 2.75) is 12.6 Å². The number of amides is 1. The number of hydrogen-bond acceptors (Lipinski definition) is 4. The minimum absolute atomic E-state index is 0.0335. The maximum absolute atomic E-state index is 14.0. The molecular weight excluding hydrogens is 390 g/mol. The molecule has 1 atom stereocenters. The summed E-state index contributed by atoms with van der Waals surface area (Å²) in [6, 6.07) is 11.9. The third kappa shape index (κ3) is 2.86. The number of aromatic nitrogens is 1. The minimum Gasteiger partial charge on any atom is -0.450 e. The summed E-state index contributed by atoms with van der Waals surface area (Å²) in [5.41, 5.74) is 0.849. The molecule has 1 unspecified atom stereocenters. The zero-order valence-electron chi connectivity index (χ0n) is 15.5. The molecule has 5 nitrogen and oxygen atoms in total. The molecule has 3 heterocycles. The highest BCUT2D eigenvalue weighted by Gasteiger charge is 2.42. The summed E-state index contributed by atoms with van der Waals surface area (Å²) in [5, 5.41) is 0.0335. The van der Waals surface area contributed by atoms with Crippen LogP contribution in [0.1, 0.15) is 33.3 Å². The highest BCUT2D eigenvalue weighted by Crippen LogP contribution is 2.39. The van der Waals surface area contributed by atoms with Gasteiger partial charge in [0.25, 0.3) is 5.91 Å². The summed E-state index contributed by atoms with van der Waals surface area (Å²) in [4.78, 5) is 32.0. The summed E-state index contributed by atoms with van der Waals surface area (Å²) in [7, 11) is 0. The van der Waals surface area contributed by atoms with E-state index in [1.165, 1.54) is 29.2 Å². The predicted octanol–water partition coefficient (Wildman–Crippen LogP) is 4.21. The van der Waals surface area contributed by atoms with Gasteiger partial charge < -0.3 is 9.32 Å². The third-order valence-corrected chi connectivity index (χ3v) is 5.17. The lowest BCUT2D eigenvalue weighted by molar-refractivity contribution is 0.0714. The maximum atomic E-state index is 14.0. The van der Waals surface area contributed by atoms with Gasteiger partial charge in [-0.25, -0.2) is 8.78 Å². The number of hydrogen-bond donors (Lipinski definition) is 0. The number of benzene rings is 2. The number of rotatable bonds is 3. The van der Waals surface area contributed by atoms with E-state index in [4.69, 9.17) is 4.42 Å². The first-order chi connectivity index (χ1) is 14.5. The molecule has 0 saturated heterocycles. The minimum atomic E-state index is -0.868. The molecule has 1 aliphatic rings. The second kappa shape index (κ2) is 6.88. The Bertz CT molecular complexity index is 1350. The molecule has 2 aromatic heterocycles. The van der Waals surface area contributed by atoms with Gasteiger partial charge in [-0.2, -0.15) is 0 Å². The van der Waals surface area contributed by atoms with Crippen LogP contribution in [0.2, 0.25) is 0 Å². The quantitative estimate of drug-likeness (QED) is 0.513. The Morgan fingerprint density at radius 3 is 2.60 bits per heavy atom. The van der Waals surface area contributed by atoms with Crippen LogP contribution >= 0.6 is 0 Å². The average Bonchev–Trinajstić information content (AvgIpc) is 3.02. The van der Waals surface area contributed by atoms with Gasteiger partial charge in [-0.1, -0.05) is 18.2 Å². The van der Waals surface area contributed by atoms with E-state index >= 15 is 0 Å². The Morgan fingerprint density at radius 1 is 1.00 bits per heavy atom. The highest BCUT2D eigenvalue weighted by atomic mass is 19.1. The van der Waals surface area contributed by atoms with Crippen molar-refractivity contribution in [3.05, 3.63) is 111 Å². The van der Waals surface area contributed by atoms with Crippen molar-refractivity contribution in [2.75, 3.05) is 0 Å². The Morgan fingerprint density at radius 2 is 1.83 bits per heavy atom. The van der Waals surface area contributed by atoms with Gasteiger partial charge in [0.2, 0.25) is 5.76 Å². The van der Waals surface area contributed by atoms with Crippen LogP contribution in [0.3, 0.4) is 0 Å². The fourth-order valence-electron chi connectivity index (χ4n) is 3.87. The van der Waals surface area contributed by atoms with E-state index in [2.05, 4.69) is 4.98 Å². The number of halogens is 2. The Kier molecular flexibility index (Phi) is 4.17. The zero-order chi connectivity index (χ0) is 20.8. The Balaban J connectivity index is 1.75. The summed E-state index contributed by atoms with van der Waals surface area (Å²) < 4.78 is 33.5. The summed E-state index contributed by atoms with van der Waals surface area (Å²) in [6.45, 7) is 0.141. The first kappa shape index (κ1) is 18.2. The zero-order valence-corrected chi connectivity index (χ0v) is 15.5. The normalized spacial score (nSPS) is 15.6. The molecule has 4 aromatic rings.